The van der Waals surface area contributed by atoms with Gasteiger partial charge in [-0.25, -0.2) is 4.79 Å². The Balaban J connectivity index is 0.000000411. The largest absolute Gasteiger partial charge is 0.480 e. The van der Waals surface area contributed by atoms with Crippen molar-refractivity contribution in [1.29, 1.82) is 0 Å². The number of hydrogen-bond acceptors (Lipinski definition) is 5. The minimum atomic E-state index is -0.963. The summed E-state index contributed by atoms with van der Waals surface area (Å²) in [5.74, 6) is -2.01. The van der Waals surface area contributed by atoms with E-state index in [-0.39, 0.29) is 0 Å². The fourth-order valence-electron chi connectivity index (χ4n) is 0.667. The van der Waals surface area contributed by atoms with Gasteiger partial charge in [0, 0.05) is 6.92 Å². The van der Waals surface area contributed by atoms with Crippen LogP contribution in [0.4, 0.5) is 0 Å². The molecule has 0 aliphatic carbocycles. The number of rotatable bonds is 3. The molecule has 0 spiro atoms. The van der Waals surface area contributed by atoms with Crippen molar-refractivity contribution in [3.05, 3.63) is 30.3 Å². The van der Waals surface area contributed by atoms with E-state index in [1.165, 1.54) is 13.8 Å². The number of nitrogens with two attached hydrogens (primary N) is 1. The molecule has 0 radical (unpaired) electrons. The highest BCUT2D eigenvalue weighted by Crippen LogP contribution is 2.08. The maximum Gasteiger partial charge on any atom is 0.379 e. The molecule has 0 aromatic heterocycles. The fourth-order valence-corrected chi connectivity index (χ4v) is 0.667. The van der Waals surface area contributed by atoms with Gasteiger partial charge in [0.05, 0.1) is 0 Å². The topological polar surface area (TPSA) is 107 Å². The van der Waals surface area contributed by atoms with E-state index in [2.05, 4.69) is 4.74 Å². The Morgan fingerprint density at radius 3 is 2.00 bits per heavy atom. The maximum atomic E-state index is 10.7. The number of carboxylic acid groups (broad SMARTS) is 1. The minimum absolute atomic E-state index is 0.387. The first-order valence-electron chi connectivity index (χ1n) is 5.10. The molecule has 6 heteroatoms. The van der Waals surface area contributed by atoms with Gasteiger partial charge in [-0.1, -0.05) is 18.2 Å². The first kappa shape index (κ1) is 15.8. The second-order valence-corrected chi connectivity index (χ2v) is 3.39. The van der Waals surface area contributed by atoms with E-state index in [4.69, 9.17) is 10.8 Å². The number of aliphatic carboxylic acids is 1. The summed E-state index contributed by atoms with van der Waals surface area (Å²) in [4.78, 5) is 30.8. The average Bonchev–Trinajstić information content (AvgIpc) is 2.30. The third-order valence-corrected chi connectivity index (χ3v) is 1.63. The average molecular weight is 253 g/mol. The van der Waals surface area contributed by atoms with Crippen LogP contribution in [0.1, 0.15) is 13.8 Å². The van der Waals surface area contributed by atoms with E-state index in [0.717, 1.165) is 0 Å². The number of ketones is 1. The van der Waals surface area contributed by atoms with Crippen molar-refractivity contribution in [2.24, 2.45) is 5.73 Å². The molecule has 0 heterocycles. The Bertz CT molecular complexity index is 414. The van der Waals surface area contributed by atoms with Gasteiger partial charge >= 0.3 is 11.9 Å². The van der Waals surface area contributed by atoms with Crippen molar-refractivity contribution in [3.63, 3.8) is 0 Å². The van der Waals surface area contributed by atoms with Crippen LogP contribution >= 0.6 is 0 Å². The number of esters is 1. The Morgan fingerprint density at radius 1 is 1.22 bits per heavy atom. The molecule has 0 saturated carbocycles. The predicted molar refractivity (Wildman–Crippen MR) is 64.0 cm³/mol. The molecule has 3 N–H and O–H groups in total. The van der Waals surface area contributed by atoms with Crippen molar-refractivity contribution in [2.75, 3.05) is 0 Å². The zero-order valence-corrected chi connectivity index (χ0v) is 10.1. The molecule has 0 saturated heterocycles. The van der Waals surface area contributed by atoms with Gasteiger partial charge in [0.2, 0.25) is 5.78 Å². The normalized spacial score (nSPS) is 10.6. The number of carbonyl (C=O) groups is 3. The summed E-state index contributed by atoms with van der Waals surface area (Å²) in [5, 5.41) is 7.87. The lowest BCUT2D eigenvalue weighted by molar-refractivity contribution is -0.146. The van der Waals surface area contributed by atoms with Gasteiger partial charge in [-0.05, 0) is 19.1 Å². The summed E-state index contributed by atoms with van der Waals surface area (Å²) < 4.78 is 4.69. The molecule has 1 aromatic rings. The monoisotopic (exact) mass is 253 g/mol. The van der Waals surface area contributed by atoms with Crippen LogP contribution in [0.25, 0.3) is 0 Å². The maximum absolute atomic E-state index is 10.7. The molecular weight excluding hydrogens is 238 g/mol. The first-order valence-corrected chi connectivity index (χ1v) is 5.10. The third-order valence-electron chi connectivity index (χ3n) is 1.63. The third kappa shape index (κ3) is 7.13. The molecular formula is C12H15NO5. The summed E-state index contributed by atoms with van der Waals surface area (Å²) in [6.07, 6.45) is 0. The molecule has 1 rings (SSSR count). The smallest absolute Gasteiger partial charge is 0.379 e. The molecule has 18 heavy (non-hydrogen) atoms. The van der Waals surface area contributed by atoms with Crippen LogP contribution in [0.3, 0.4) is 0 Å². The Labute approximate surface area is 104 Å². The SMILES string of the molecule is CC(=O)C(=O)Oc1ccccc1.C[C@H](N)C(=O)O. The summed E-state index contributed by atoms with van der Waals surface area (Å²) in [6, 6.07) is 7.74. The number of Topliss-reactive ketones (excluding diaryl/α,β-unsaturated/α-hetero) is 1. The van der Waals surface area contributed by atoms with Gasteiger partial charge in [-0.15, -0.1) is 0 Å². The highest BCUT2D eigenvalue weighted by atomic mass is 16.5. The zero-order valence-electron chi connectivity index (χ0n) is 10.1. The van der Waals surface area contributed by atoms with Crippen molar-refractivity contribution < 1.29 is 24.2 Å². The molecule has 98 valence electrons. The van der Waals surface area contributed by atoms with Crippen LogP contribution in [0.15, 0.2) is 30.3 Å². The van der Waals surface area contributed by atoms with Crippen LogP contribution in [0.5, 0.6) is 5.75 Å². The van der Waals surface area contributed by atoms with E-state index < -0.39 is 23.8 Å². The molecule has 6 nitrogen and oxygen atoms in total. The second-order valence-electron chi connectivity index (χ2n) is 3.39. The predicted octanol–water partition coefficient (Wildman–Crippen LogP) is 0.599. The van der Waals surface area contributed by atoms with E-state index in [1.807, 2.05) is 0 Å². The highest BCUT2D eigenvalue weighted by molar-refractivity contribution is 6.33. The molecule has 0 aliphatic rings. The standard InChI is InChI=1S/C9H8O3.C3H7NO2/c1-7(10)9(11)12-8-5-3-2-4-6-8;1-2(4)3(5)6/h2-6H,1H3;2H,4H2,1H3,(H,5,6)/t;2-/m.0/s1. The Morgan fingerprint density at radius 2 is 1.67 bits per heavy atom. The summed E-state index contributed by atoms with van der Waals surface area (Å²) in [6.45, 7) is 2.59. The highest BCUT2D eigenvalue weighted by Gasteiger charge is 2.09. The van der Waals surface area contributed by atoms with Crippen LogP contribution in [-0.2, 0) is 14.4 Å². The number of carboxylic acids is 1. The number of hydrogen-bond donors (Lipinski definition) is 2. The first-order chi connectivity index (χ1) is 8.34. The number of para-hydroxylation sites is 1. The van der Waals surface area contributed by atoms with Crippen LogP contribution in [-0.4, -0.2) is 28.9 Å². The minimum Gasteiger partial charge on any atom is -0.480 e. The van der Waals surface area contributed by atoms with Crippen molar-refractivity contribution >= 4 is 17.7 Å². The quantitative estimate of drug-likeness (QED) is 0.464. The summed E-state index contributed by atoms with van der Waals surface area (Å²) in [7, 11) is 0. The lowest BCUT2D eigenvalue weighted by atomic mass is 10.3. The van der Waals surface area contributed by atoms with Gasteiger partial charge in [-0.2, -0.15) is 0 Å². The van der Waals surface area contributed by atoms with Gasteiger partial charge in [0.15, 0.2) is 0 Å². The van der Waals surface area contributed by atoms with Gasteiger partial charge in [0.1, 0.15) is 11.8 Å². The van der Waals surface area contributed by atoms with Gasteiger partial charge in [0.25, 0.3) is 0 Å². The van der Waals surface area contributed by atoms with Gasteiger partial charge in [-0.3, -0.25) is 9.59 Å². The van der Waals surface area contributed by atoms with E-state index in [1.54, 1.807) is 30.3 Å². The Kier molecular flexibility index (Phi) is 6.99. The fraction of sp³-hybridized carbons (Fsp3) is 0.250. The zero-order chi connectivity index (χ0) is 14.1. The lowest BCUT2D eigenvalue weighted by Gasteiger charge is -1.99. The second kappa shape index (κ2) is 7.97. The van der Waals surface area contributed by atoms with Crippen molar-refractivity contribution in [2.45, 2.75) is 19.9 Å². The lowest BCUT2D eigenvalue weighted by Crippen LogP contribution is -2.25. The molecule has 0 bridgehead atoms. The summed E-state index contributed by atoms with van der Waals surface area (Å²) >= 11 is 0. The summed E-state index contributed by atoms with van der Waals surface area (Å²) in [5.41, 5.74) is 4.84. The van der Waals surface area contributed by atoms with Crippen LogP contribution < -0.4 is 10.5 Å². The molecule has 1 aromatic carbocycles. The number of ether oxygens (including phenoxy) is 1. The van der Waals surface area contributed by atoms with E-state index in [9.17, 15) is 14.4 Å². The Hall–Kier alpha value is -2.21. The molecule has 0 amide bonds. The molecule has 0 unspecified atom stereocenters. The van der Waals surface area contributed by atoms with Crippen molar-refractivity contribution in [1.82, 2.24) is 0 Å². The van der Waals surface area contributed by atoms with E-state index >= 15 is 0 Å². The van der Waals surface area contributed by atoms with Crippen molar-refractivity contribution in [3.8, 4) is 5.75 Å². The molecule has 0 aliphatic heterocycles. The molecule has 0 fully saturated rings. The molecule has 1 atom stereocenters. The van der Waals surface area contributed by atoms with Crippen LogP contribution in [0, 0.1) is 0 Å². The van der Waals surface area contributed by atoms with Gasteiger partial charge < -0.3 is 15.6 Å². The van der Waals surface area contributed by atoms with E-state index in [0.29, 0.717) is 5.75 Å². The van der Waals surface area contributed by atoms with Crippen LogP contribution in [0.2, 0.25) is 0 Å². The number of carbonyl (C=O) groups excluding carboxylic acids is 2. The number of benzene rings is 1.